The Morgan fingerprint density at radius 1 is 1.21 bits per heavy atom. The van der Waals surface area contributed by atoms with Crippen molar-refractivity contribution < 1.29 is 22.7 Å². The molecule has 0 aliphatic carbocycles. The Morgan fingerprint density at radius 3 is 2.61 bits per heavy atom. The van der Waals surface area contributed by atoms with Gasteiger partial charge in [-0.25, -0.2) is 4.98 Å². The predicted octanol–water partition coefficient (Wildman–Crippen LogP) is 5.96. The lowest BCUT2D eigenvalue weighted by Gasteiger charge is -2.11. The molecule has 0 aliphatic rings. The summed E-state index contributed by atoms with van der Waals surface area (Å²) in [6, 6.07) is 12.3. The molecule has 3 aromatic rings. The highest BCUT2D eigenvalue weighted by atomic mass is 35.5. The van der Waals surface area contributed by atoms with E-state index >= 15 is 0 Å². The summed E-state index contributed by atoms with van der Waals surface area (Å²) in [5.74, 6) is 0.124. The molecule has 0 spiro atoms. The zero-order chi connectivity index (χ0) is 20.3. The largest absolute Gasteiger partial charge is 0.486 e. The molecule has 1 aromatic heterocycles. The fourth-order valence-corrected chi connectivity index (χ4v) is 3.49. The van der Waals surface area contributed by atoms with Crippen molar-refractivity contribution in [2.45, 2.75) is 19.7 Å². The van der Waals surface area contributed by atoms with E-state index in [0.717, 1.165) is 23.5 Å². The summed E-state index contributed by atoms with van der Waals surface area (Å²) < 4.78 is 44.5. The highest BCUT2D eigenvalue weighted by molar-refractivity contribution is 7.13. The molecule has 0 aliphatic heterocycles. The number of aryl methyl sites for hydroxylation is 1. The minimum atomic E-state index is -4.61. The third-order valence-electron chi connectivity index (χ3n) is 3.68. The van der Waals surface area contributed by atoms with E-state index in [2.05, 4.69) is 10.3 Å². The monoisotopic (exact) mass is 426 g/mol. The van der Waals surface area contributed by atoms with Crippen molar-refractivity contribution in [3.05, 3.63) is 74.7 Å². The molecular formula is C19H14ClF3N2O2S. The van der Waals surface area contributed by atoms with Crippen LogP contribution in [0.15, 0.2) is 48.5 Å². The number of anilines is 1. The van der Waals surface area contributed by atoms with Crippen molar-refractivity contribution in [1.82, 2.24) is 4.98 Å². The van der Waals surface area contributed by atoms with Crippen LogP contribution in [0.1, 0.15) is 25.9 Å². The average molecular weight is 427 g/mol. The maximum Gasteiger partial charge on any atom is 0.417 e. The van der Waals surface area contributed by atoms with Crippen molar-refractivity contribution in [1.29, 1.82) is 0 Å². The molecule has 4 nitrogen and oxygen atoms in total. The van der Waals surface area contributed by atoms with E-state index in [9.17, 15) is 18.0 Å². The highest BCUT2D eigenvalue weighted by Crippen LogP contribution is 2.36. The second-order valence-corrected chi connectivity index (χ2v) is 7.26. The highest BCUT2D eigenvalue weighted by Gasteiger charge is 2.33. The van der Waals surface area contributed by atoms with E-state index in [0.29, 0.717) is 21.3 Å². The number of alkyl halides is 3. The number of nitrogens with one attached hydrogen (secondary N) is 1. The topological polar surface area (TPSA) is 51.2 Å². The van der Waals surface area contributed by atoms with Gasteiger partial charge in [-0.05, 0) is 37.3 Å². The number of thiazole rings is 1. The van der Waals surface area contributed by atoms with E-state index in [4.69, 9.17) is 16.3 Å². The summed E-state index contributed by atoms with van der Waals surface area (Å²) in [5.41, 5.74) is -0.541. The molecule has 0 saturated heterocycles. The molecule has 146 valence electrons. The predicted molar refractivity (Wildman–Crippen MR) is 102 cm³/mol. The Morgan fingerprint density at radius 2 is 1.93 bits per heavy atom. The van der Waals surface area contributed by atoms with Gasteiger partial charge in [-0.2, -0.15) is 13.2 Å². The molecule has 0 unspecified atom stereocenters. The van der Waals surface area contributed by atoms with Crippen LogP contribution in [0, 0.1) is 6.92 Å². The normalized spacial score (nSPS) is 11.3. The Bertz CT molecular complexity index is 991. The number of hydrogen-bond donors (Lipinski definition) is 1. The zero-order valence-corrected chi connectivity index (χ0v) is 16.1. The van der Waals surface area contributed by atoms with Crippen LogP contribution in [0.5, 0.6) is 5.75 Å². The van der Waals surface area contributed by atoms with Gasteiger partial charge in [0, 0.05) is 5.69 Å². The number of carbonyl (C=O) groups is 1. The van der Waals surface area contributed by atoms with Gasteiger partial charge in [0.05, 0.1) is 16.3 Å². The third-order valence-corrected chi connectivity index (χ3v) is 5.14. The van der Waals surface area contributed by atoms with Gasteiger partial charge in [0.2, 0.25) is 0 Å². The maximum absolute atomic E-state index is 13.0. The first-order valence-corrected chi connectivity index (χ1v) is 9.26. The fourth-order valence-electron chi connectivity index (χ4n) is 2.39. The van der Waals surface area contributed by atoms with Crippen molar-refractivity contribution in [2.75, 3.05) is 5.32 Å². The number of carbonyl (C=O) groups excluding carboxylic acids is 1. The number of hydrogen-bond acceptors (Lipinski definition) is 4. The fraction of sp³-hybridized carbons (Fsp3) is 0.158. The Balaban J connectivity index is 1.72. The molecule has 0 fully saturated rings. The molecule has 3 rings (SSSR count). The Kier molecular flexibility index (Phi) is 5.90. The number of rotatable bonds is 5. The number of aromatic nitrogens is 1. The minimum absolute atomic E-state index is 0.00314. The van der Waals surface area contributed by atoms with Crippen molar-refractivity contribution in [3.63, 3.8) is 0 Å². The quantitative estimate of drug-likeness (QED) is 0.548. The van der Waals surface area contributed by atoms with Gasteiger partial charge in [0.1, 0.15) is 22.2 Å². The molecule has 1 heterocycles. The summed E-state index contributed by atoms with van der Waals surface area (Å²) in [6.45, 7) is 1.84. The molecule has 9 heteroatoms. The number of para-hydroxylation sites is 1. The van der Waals surface area contributed by atoms with Crippen LogP contribution < -0.4 is 10.1 Å². The van der Waals surface area contributed by atoms with Gasteiger partial charge >= 0.3 is 6.18 Å². The Hall–Kier alpha value is -2.58. The average Bonchev–Trinajstić information content (AvgIpc) is 3.02. The van der Waals surface area contributed by atoms with E-state index < -0.39 is 22.7 Å². The van der Waals surface area contributed by atoms with Crippen LogP contribution in [0.3, 0.4) is 0 Å². The second kappa shape index (κ2) is 8.20. The summed E-state index contributed by atoms with van der Waals surface area (Å²) in [4.78, 5) is 17.1. The molecular weight excluding hydrogens is 413 g/mol. The molecule has 0 atom stereocenters. The SMILES string of the molecule is Cc1nc(COc2ccccc2)sc1C(=O)Nc1ccc(Cl)c(C(F)(F)F)c1. The molecule has 0 radical (unpaired) electrons. The molecule has 0 bridgehead atoms. The lowest BCUT2D eigenvalue weighted by molar-refractivity contribution is -0.137. The lowest BCUT2D eigenvalue weighted by atomic mass is 10.2. The Labute approximate surface area is 167 Å². The molecule has 0 saturated carbocycles. The smallest absolute Gasteiger partial charge is 0.417 e. The van der Waals surface area contributed by atoms with Crippen LogP contribution >= 0.6 is 22.9 Å². The lowest BCUT2D eigenvalue weighted by Crippen LogP contribution is -2.13. The minimum Gasteiger partial charge on any atom is -0.486 e. The number of nitrogens with zero attached hydrogens (tertiary/aromatic N) is 1. The number of halogens is 4. The number of benzene rings is 2. The zero-order valence-electron chi connectivity index (χ0n) is 14.5. The first-order chi connectivity index (χ1) is 13.2. The maximum atomic E-state index is 13.0. The van der Waals surface area contributed by atoms with Crippen LogP contribution in [0.4, 0.5) is 18.9 Å². The standard InChI is InChI=1S/C19H14ClF3N2O2S/c1-11-17(28-16(24-11)10-27-13-5-3-2-4-6-13)18(26)25-12-7-8-15(20)14(9-12)19(21,22)23/h2-9H,10H2,1H3,(H,25,26). The van der Waals surface area contributed by atoms with Gasteiger partial charge in [0.15, 0.2) is 0 Å². The first-order valence-electron chi connectivity index (χ1n) is 8.06. The van der Waals surface area contributed by atoms with Crippen LogP contribution in [0.2, 0.25) is 5.02 Å². The molecule has 1 N–H and O–H groups in total. The molecule has 1 amide bonds. The van der Waals surface area contributed by atoms with Gasteiger partial charge in [-0.1, -0.05) is 29.8 Å². The van der Waals surface area contributed by atoms with Crippen molar-refractivity contribution in [2.24, 2.45) is 0 Å². The second-order valence-electron chi connectivity index (χ2n) is 5.77. The van der Waals surface area contributed by atoms with Crippen molar-refractivity contribution in [3.8, 4) is 5.75 Å². The summed E-state index contributed by atoms with van der Waals surface area (Å²) in [5, 5.41) is 2.61. The van der Waals surface area contributed by atoms with Gasteiger partial charge in [-0.3, -0.25) is 4.79 Å². The first kappa shape index (κ1) is 20.2. The van der Waals surface area contributed by atoms with Crippen LogP contribution in [0.25, 0.3) is 0 Å². The van der Waals surface area contributed by atoms with Crippen LogP contribution in [-0.4, -0.2) is 10.9 Å². The summed E-state index contributed by atoms with van der Waals surface area (Å²) >= 11 is 6.72. The van der Waals surface area contributed by atoms with Gasteiger partial charge in [-0.15, -0.1) is 11.3 Å². The number of amides is 1. The van der Waals surface area contributed by atoms with Gasteiger partial charge < -0.3 is 10.1 Å². The van der Waals surface area contributed by atoms with Crippen LogP contribution in [-0.2, 0) is 12.8 Å². The summed E-state index contributed by atoms with van der Waals surface area (Å²) in [6.07, 6.45) is -4.61. The molecule has 28 heavy (non-hydrogen) atoms. The van der Waals surface area contributed by atoms with Gasteiger partial charge in [0.25, 0.3) is 5.91 Å². The van der Waals surface area contributed by atoms with E-state index in [1.165, 1.54) is 6.07 Å². The van der Waals surface area contributed by atoms with E-state index in [1.807, 2.05) is 18.2 Å². The van der Waals surface area contributed by atoms with E-state index in [-0.39, 0.29) is 12.3 Å². The molecule has 2 aromatic carbocycles. The third kappa shape index (κ3) is 4.82. The summed E-state index contributed by atoms with van der Waals surface area (Å²) in [7, 11) is 0. The number of ether oxygens (including phenoxy) is 1. The van der Waals surface area contributed by atoms with E-state index in [1.54, 1.807) is 19.1 Å². The van der Waals surface area contributed by atoms with Crippen molar-refractivity contribution >= 4 is 34.5 Å².